The van der Waals surface area contributed by atoms with Gasteiger partial charge in [-0.3, -0.25) is 0 Å². The Labute approximate surface area is 126 Å². The minimum Gasteiger partial charge on any atom is -0.409 e. The lowest BCUT2D eigenvalue weighted by Crippen LogP contribution is -2.45. The van der Waals surface area contributed by atoms with E-state index >= 15 is 0 Å². The number of nitrogens with two attached hydrogens (primary N) is 1. The second-order valence-electron chi connectivity index (χ2n) is 6.06. The highest BCUT2D eigenvalue weighted by atomic mass is 16.4. The number of nitrogens with one attached hydrogen (secondary N) is 1. The van der Waals surface area contributed by atoms with Gasteiger partial charge in [-0.1, -0.05) is 17.3 Å². The van der Waals surface area contributed by atoms with Gasteiger partial charge in [0.25, 0.3) is 0 Å². The van der Waals surface area contributed by atoms with Crippen molar-refractivity contribution in [1.29, 1.82) is 0 Å². The van der Waals surface area contributed by atoms with Gasteiger partial charge in [0.15, 0.2) is 5.84 Å². The van der Waals surface area contributed by atoms with Crippen molar-refractivity contribution in [2.75, 3.05) is 13.6 Å². The summed E-state index contributed by atoms with van der Waals surface area (Å²) in [4.78, 5) is 2.41. The number of hydrogen-bond donors (Lipinski definition) is 3. The van der Waals surface area contributed by atoms with Crippen LogP contribution < -0.4 is 11.1 Å². The summed E-state index contributed by atoms with van der Waals surface area (Å²) >= 11 is 0. The van der Waals surface area contributed by atoms with Crippen LogP contribution in [-0.4, -0.2) is 41.6 Å². The van der Waals surface area contributed by atoms with Crippen LogP contribution in [-0.2, 0) is 6.54 Å². The molecule has 1 fully saturated rings. The Balaban J connectivity index is 1.95. The SMILES string of the molecule is Cc1cc(/C(N)=N/O)ccc1CNC1CCN(C)C(C)C1. The van der Waals surface area contributed by atoms with Gasteiger partial charge < -0.3 is 21.2 Å². The average molecular weight is 290 g/mol. The third-order valence-corrected chi connectivity index (χ3v) is 4.54. The van der Waals surface area contributed by atoms with Gasteiger partial charge in [0.2, 0.25) is 0 Å². The summed E-state index contributed by atoms with van der Waals surface area (Å²) in [5.41, 5.74) is 8.79. The lowest BCUT2D eigenvalue weighted by molar-refractivity contribution is 0.168. The van der Waals surface area contributed by atoms with Gasteiger partial charge in [-0.25, -0.2) is 0 Å². The molecule has 0 bridgehead atoms. The molecule has 0 aromatic heterocycles. The number of amidine groups is 1. The highest BCUT2D eigenvalue weighted by molar-refractivity contribution is 5.97. The van der Waals surface area contributed by atoms with Gasteiger partial charge in [0, 0.05) is 24.2 Å². The molecule has 1 heterocycles. The fourth-order valence-electron chi connectivity index (χ4n) is 2.84. The van der Waals surface area contributed by atoms with Crippen LogP contribution >= 0.6 is 0 Å². The zero-order valence-corrected chi connectivity index (χ0v) is 13.1. The standard InChI is InChI=1S/C16H26N4O/c1-11-8-13(16(17)19-21)4-5-14(11)10-18-15-6-7-20(3)12(2)9-15/h4-5,8,12,15,18,21H,6-7,9-10H2,1-3H3,(H2,17,19). The van der Waals surface area contributed by atoms with E-state index in [9.17, 15) is 0 Å². The quantitative estimate of drug-likeness (QED) is 0.341. The molecule has 0 amide bonds. The summed E-state index contributed by atoms with van der Waals surface area (Å²) < 4.78 is 0. The first-order valence-electron chi connectivity index (χ1n) is 7.52. The van der Waals surface area contributed by atoms with E-state index < -0.39 is 0 Å². The van der Waals surface area contributed by atoms with Crippen LogP contribution in [0.15, 0.2) is 23.4 Å². The van der Waals surface area contributed by atoms with Crippen LogP contribution in [0.3, 0.4) is 0 Å². The molecule has 1 aromatic carbocycles. The van der Waals surface area contributed by atoms with E-state index in [-0.39, 0.29) is 5.84 Å². The molecule has 2 rings (SSSR count). The van der Waals surface area contributed by atoms with Crippen molar-refractivity contribution < 1.29 is 5.21 Å². The first-order chi connectivity index (χ1) is 10.0. The molecular formula is C16H26N4O. The molecule has 0 radical (unpaired) electrons. The number of aryl methyl sites for hydroxylation is 1. The van der Waals surface area contributed by atoms with Crippen molar-refractivity contribution in [2.24, 2.45) is 10.9 Å². The Kier molecular flexibility index (Phi) is 5.20. The highest BCUT2D eigenvalue weighted by Crippen LogP contribution is 2.17. The van der Waals surface area contributed by atoms with Gasteiger partial charge in [-0.05, 0) is 57.5 Å². The Bertz CT molecular complexity index is 515. The summed E-state index contributed by atoms with van der Waals surface area (Å²) in [6.45, 7) is 6.36. The van der Waals surface area contributed by atoms with Crippen LogP contribution in [0, 0.1) is 6.92 Å². The number of likely N-dealkylation sites (tertiary alicyclic amines) is 1. The lowest BCUT2D eigenvalue weighted by atomic mass is 9.98. The number of nitrogens with zero attached hydrogens (tertiary/aromatic N) is 2. The second kappa shape index (κ2) is 6.91. The van der Waals surface area contributed by atoms with Gasteiger partial charge in [-0.2, -0.15) is 0 Å². The molecule has 1 aliphatic heterocycles. The Morgan fingerprint density at radius 3 is 2.90 bits per heavy atom. The Morgan fingerprint density at radius 2 is 2.29 bits per heavy atom. The number of piperidine rings is 1. The molecular weight excluding hydrogens is 264 g/mol. The third-order valence-electron chi connectivity index (χ3n) is 4.54. The summed E-state index contributed by atoms with van der Waals surface area (Å²) in [7, 11) is 2.19. The molecule has 2 atom stereocenters. The first kappa shape index (κ1) is 15.8. The fourth-order valence-corrected chi connectivity index (χ4v) is 2.84. The van der Waals surface area contributed by atoms with E-state index in [4.69, 9.17) is 10.9 Å². The van der Waals surface area contributed by atoms with Crippen LogP contribution in [0.25, 0.3) is 0 Å². The highest BCUT2D eigenvalue weighted by Gasteiger charge is 2.22. The number of benzene rings is 1. The van der Waals surface area contributed by atoms with Crippen LogP contribution in [0.5, 0.6) is 0 Å². The molecule has 5 heteroatoms. The van der Waals surface area contributed by atoms with Crippen LogP contribution in [0.2, 0.25) is 0 Å². The third kappa shape index (κ3) is 3.95. The van der Waals surface area contributed by atoms with E-state index in [1.54, 1.807) is 0 Å². The molecule has 5 nitrogen and oxygen atoms in total. The zero-order valence-electron chi connectivity index (χ0n) is 13.1. The first-order valence-corrected chi connectivity index (χ1v) is 7.52. The largest absolute Gasteiger partial charge is 0.409 e. The molecule has 1 saturated heterocycles. The number of rotatable bonds is 4. The minimum absolute atomic E-state index is 0.154. The summed E-state index contributed by atoms with van der Waals surface area (Å²) in [6, 6.07) is 7.13. The smallest absolute Gasteiger partial charge is 0.170 e. The van der Waals surface area contributed by atoms with Gasteiger partial charge in [0.1, 0.15) is 0 Å². The topological polar surface area (TPSA) is 73.9 Å². The Hall–Kier alpha value is -1.59. The average Bonchev–Trinajstić information content (AvgIpc) is 2.48. The van der Waals surface area contributed by atoms with E-state index in [2.05, 4.69) is 36.3 Å². The maximum atomic E-state index is 8.71. The predicted octanol–water partition coefficient (Wildman–Crippen LogP) is 1.66. The van der Waals surface area contributed by atoms with E-state index in [1.807, 2.05) is 18.2 Å². The predicted molar refractivity (Wildman–Crippen MR) is 85.6 cm³/mol. The van der Waals surface area contributed by atoms with Crippen molar-refractivity contribution in [1.82, 2.24) is 10.2 Å². The van der Waals surface area contributed by atoms with Gasteiger partial charge in [0.05, 0.1) is 0 Å². The summed E-state index contributed by atoms with van der Waals surface area (Å²) in [5.74, 6) is 0.154. The maximum Gasteiger partial charge on any atom is 0.170 e. The van der Waals surface area contributed by atoms with Crippen LogP contribution in [0.4, 0.5) is 0 Å². The normalized spacial score (nSPS) is 24.2. The van der Waals surface area contributed by atoms with Crippen molar-refractivity contribution in [3.05, 3.63) is 34.9 Å². The lowest BCUT2D eigenvalue weighted by Gasteiger charge is -2.35. The molecule has 116 valence electrons. The van der Waals surface area contributed by atoms with Crippen molar-refractivity contribution in [2.45, 2.75) is 45.3 Å². The van der Waals surface area contributed by atoms with Crippen molar-refractivity contribution in [3.63, 3.8) is 0 Å². The maximum absolute atomic E-state index is 8.71. The minimum atomic E-state index is 0.154. The summed E-state index contributed by atoms with van der Waals surface area (Å²) in [6.07, 6.45) is 2.39. The van der Waals surface area contributed by atoms with Crippen molar-refractivity contribution >= 4 is 5.84 Å². The van der Waals surface area contributed by atoms with Gasteiger partial charge in [-0.15, -0.1) is 0 Å². The molecule has 1 aliphatic rings. The second-order valence-corrected chi connectivity index (χ2v) is 6.06. The fraction of sp³-hybridized carbons (Fsp3) is 0.562. The van der Waals surface area contributed by atoms with Gasteiger partial charge >= 0.3 is 0 Å². The molecule has 0 saturated carbocycles. The van der Waals surface area contributed by atoms with E-state index in [0.29, 0.717) is 12.1 Å². The molecule has 1 aromatic rings. The van der Waals surface area contributed by atoms with Crippen LogP contribution in [0.1, 0.15) is 36.5 Å². The molecule has 0 aliphatic carbocycles. The summed E-state index contributed by atoms with van der Waals surface area (Å²) in [5, 5.41) is 15.4. The van der Waals surface area contributed by atoms with E-state index in [1.165, 1.54) is 18.4 Å². The van der Waals surface area contributed by atoms with Crippen molar-refractivity contribution in [3.8, 4) is 0 Å². The van der Waals surface area contributed by atoms with E-state index in [0.717, 1.165) is 24.2 Å². The Morgan fingerprint density at radius 1 is 1.52 bits per heavy atom. The molecule has 2 unspecified atom stereocenters. The monoisotopic (exact) mass is 290 g/mol. The zero-order chi connectivity index (χ0) is 15.4. The molecule has 0 spiro atoms. The molecule has 4 N–H and O–H groups in total. The number of hydrogen-bond acceptors (Lipinski definition) is 4. The molecule has 21 heavy (non-hydrogen) atoms. The number of oxime groups is 1.